The highest BCUT2D eigenvalue weighted by molar-refractivity contribution is 5.94. The summed E-state index contributed by atoms with van der Waals surface area (Å²) in [6, 6.07) is 23.5. The molecule has 1 aliphatic heterocycles. The lowest BCUT2D eigenvalue weighted by molar-refractivity contribution is 0.218. The minimum absolute atomic E-state index is 0.0240. The van der Waals surface area contributed by atoms with E-state index in [4.69, 9.17) is 0 Å². The summed E-state index contributed by atoms with van der Waals surface area (Å²) in [5.41, 5.74) is 3.64. The summed E-state index contributed by atoms with van der Waals surface area (Å²) in [5, 5.41) is 0. The fraction of sp³-hybridized carbons (Fsp3) is 0.130. The predicted molar refractivity (Wildman–Crippen MR) is 106 cm³/mol. The van der Waals surface area contributed by atoms with Gasteiger partial charge in [-0.15, -0.1) is 0 Å². The Morgan fingerprint density at radius 2 is 1.52 bits per heavy atom. The quantitative estimate of drug-likeness (QED) is 0.669. The van der Waals surface area contributed by atoms with Crippen molar-refractivity contribution in [1.82, 2.24) is 9.88 Å². The van der Waals surface area contributed by atoms with Gasteiger partial charge in [0.1, 0.15) is 0 Å². The summed E-state index contributed by atoms with van der Waals surface area (Å²) in [4.78, 5) is 20.7. The third kappa shape index (κ3) is 3.99. The fourth-order valence-corrected chi connectivity index (χ4v) is 3.03. The smallest absolute Gasteiger partial charge is 0.317 e. The molecule has 0 radical (unpaired) electrons. The Morgan fingerprint density at radius 3 is 2.22 bits per heavy atom. The van der Waals surface area contributed by atoms with Crippen LogP contribution in [-0.4, -0.2) is 29.0 Å². The molecular formula is C23H19N3O. The molecule has 0 bridgehead atoms. The van der Waals surface area contributed by atoms with E-state index in [0.29, 0.717) is 19.6 Å². The summed E-state index contributed by atoms with van der Waals surface area (Å²) in [5.74, 6) is 6.24. The summed E-state index contributed by atoms with van der Waals surface area (Å²) in [6.45, 7) is 1.91. The minimum atomic E-state index is 0.0240. The van der Waals surface area contributed by atoms with Crippen LogP contribution < -0.4 is 4.90 Å². The number of para-hydroxylation sites is 1. The first kappa shape index (κ1) is 16.9. The number of carbonyl (C=O) groups excluding carboxylic acids is 1. The summed E-state index contributed by atoms with van der Waals surface area (Å²) >= 11 is 0. The van der Waals surface area contributed by atoms with E-state index in [1.54, 1.807) is 11.1 Å². The zero-order valence-corrected chi connectivity index (χ0v) is 14.9. The van der Waals surface area contributed by atoms with E-state index in [-0.39, 0.29) is 6.03 Å². The number of amides is 2. The van der Waals surface area contributed by atoms with Gasteiger partial charge in [-0.1, -0.05) is 48.2 Å². The lowest BCUT2D eigenvalue weighted by atomic mass is 10.2. The van der Waals surface area contributed by atoms with Crippen molar-refractivity contribution in [2.24, 2.45) is 0 Å². The molecule has 4 heteroatoms. The minimum Gasteiger partial charge on any atom is -0.317 e. The molecule has 0 saturated carbocycles. The molecule has 0 atom stereocenters. The van der Waals surface area contributed by atoms with E-state index in [9.17, 15) is 4.79 Å². The number of benzene rings is 2. The molecule has 1 aromatic heterocycles. The Labute approximate surface area is 159 Å². The molecule has 2 heterocycles. The van der Waals surface area contributed by atoms with Gasteiger partial charge >= 0.3 is 6.03 Å². The molecule has 2 aromatic carbocycles. The van der Waals surface area contributed by atoms with Gasteiger partial charge in [-0.3, -0.25) is 9.88 Å². The lowest BCUT2D eigenvalue weighted by Crippen LogP contribution is -2.31. The summed E-state index contributed by atoms with van der Waals surface area (Å²) in [6.07, 6.45) is 1.76. The molecule has 4 rings (SSSR count). The molecule has 132 valence electrons. The van der Waals surface area contributed by atoms with Gasteiger partial charge < -0.3 is 4.90 Å². The molecule has 4 nitrogen and oxygen atoms in total. The third-order valence-electron chi connectivity index (χ3n) is 4.47. The first-order chi connectivity index (χ1) is 13.3. The fourth-order valence-electron chi connectivity index (χ4n) is 3.03. The molecule has 0 N–H and O–H groups in total. The molecule has 0 unspecified atom stereocenters. The van der Waals surface area contributed by atoms with E-state index < -0.39 is 0 Å². The first-order valence-corrected chi connectivity index (χ1v) is 8.93. The number of pyridine rings is 1. The molecule has 1 aliphatic rings. The van der Waals surface area contributed by atoms with Crippen molar-refractivity contribution in [2.75, 3.05) is 18.0 Å². The predicted octanol–water partition coefficient (Wildman–Crippen LogP) is 3.92. The number of rotatable bonds is 3. The Balaban J connectivity index is 1.41. The topological polar surface area (TPSA) is 36.4 Å². The van der Waals surface area contributed by atoms with Crippen molar-refractivity contribution < 1.29 is 4.79 Å². The number of hydrogen-bond acceptors (Lipinski definition) is 2. The Hall–Kier alpha value is -3.58. The van der Waals surface area contributed by atoms with Crippen LogP contribution in [0.15, 0.2) is 79.0 Å². The van der Waals surface area contributed by atoms with Crippen molar-refractivity contribution >= 4 is 11.7 Å². The monoisotopic (exact) mass is 353 g/mol. The van der Waals surface area contributed by atoms with Gasteiger partial charge in [0.2, 0.25) is 0 Å². The van der Waals surface area contributed by atoms with Crippen LogP contribution in [-0.2, 0) is 6.54 Å². The maximum Gasteiger partial charge on any atom is 0.324 e. The van der Waals surface area contributed by atoms with Crippen LogP contribution in [0.1, 0.15) is 16.8 Å². The largest absolute Gasteiger partial charge is 0.324 e. The van der Waals surface area contributed by atoms with Gasteiger partial charge in [0.25, 0.3) is 0 Å². The van der Waals surface area contributed by atoms with Gasteiger partial charge in [0, 0.05) is 36.1 Å². The van der Waals surface area contributed by atoms with Crippen LogP contribution in [0.3, 0.4) is 0 Å². The average molecular weight is 353 g/mol. The number of carbonyl (C=O) groups is 1. The van der Waals surface area contributed by atoms with Crippen LogP contribution in [0.25, 0.3) is 0 Å². The third-order valence-corrected chi connectivity index (χ3v) is 4.47. The number of aromatic nitrogens is 1. The number of anilines is 1. The van der Waals surface area contributed by atoms with Gasteiger partial charge in [0.15, 0.2) is 0 Å². The summed E-state index contributed by atoms with van der Waals surface area (Å²) < 4.78 is 0. The first-order valence-electron chi connectivity index (χ1n) is 8.93. The molecule has 1 saturated heterocycles. The molecule has 1 fully saturated rings. The highest BCUT2D eigenvalue weighted by Gasteiger charge is 2.29. The van der Waals surface area contributed by atoms with Crippen LogP contribution in [0.2, 0.25) is 0 Å². The van der Waals surface area contributed by atoms with Crippen molar-refractivity contribution in [1.29, 1.82) is 0 Å². The maximum absolute atomic E-state index is 12.6. The second kappa shape index (κ2) is 7.76. The second-order valence-corrected chi connectivity index (χ2v) is 6.35. The van der Waals surface area contributed by atoms with Crippen LogP contribution in [0.4, 0.5) is 10.5 Å². The zero-order valence-electron chi connectivity index (χ0n) is 14.9. The number of urea groups is 1. The molecule has 0 aliphatic carbocycles. The van der Waals surface area contributed by atoms with E-state index in [2.05, 4.69) is 16.8 Å². The van der Waals surface area contributed by atoms with E-state index in [1.165, 1.54) is 0 Å². The SMILES string of the molecule is O=C1N(Cc2ccc(C#Cc3ccccc3)cn2)CCN1c1ccccc1. The summed E-state index contributed by atoms with van der Waals surface area (Å²) in [7, 11) is 0. The van der Waals surface area contributed by atoms with E-state index >= 15 is 0 Å². The van der Waals surface area contributed by atoms with Crippen molar-refractivity contribution in [3.05, 3.63) is 95.8 Å². The molecular weight excluding hydrogens is 334 g/mol. The van der Waals surface area contributed by atoms with Crippen LogP contribution in [0.5, 0.6) is 0 Å². The van der Waals surface area contributed by atoms with E-state index in [1.807, 2.05) is 77.7 Å². The zero-order chi connectivity index (χ0) is 18.5. The molecule has 2 amide bonds. The second-order valence-electron chi connectivity index (χ2n) is 6.35. The van der Waals surface area contributed by atoms with Crippen molar-refractivity contribution in [2.45, 2.75) is 6.54 Å². The van der Waals surface area contributed by atoms with E-state index in [0.717, 1.165) is 22.5 Å². The van der Waals surface area contributed by atoms with Crippen LogP contribution in [0, 0.1) is 11.8 Å². The normalized spacial score (nSPS) is 13.4. The molecule has 3 aromatic rings. The van der Waals surface area contributed by atoms with Crippen molar-refractivity contribution in [3.63, 3.8) is 0 Å². The molecule has 0 spiro atoms. The van der Waals surface area contributed by atoms with Gasteiger partial charge in [-0.05, 0) is 36.4 Å². The Morgan fingerprint density at radius 1 is 0.815 bits per heavy atom. The standard InChI is InChI=1S/C23H19N3O/c27-23-25(15-16-26(23)22-9-5-2-6-10-22)18-21-14-13-20(17-24-21)12-11-19-7-3-1-4-8-19/h1-10,13-14,17H,15-16,18H2. The van der Waals surface area contributed by atoms with Gasteiger partial charge in [-0.2, -0.15) is 0 Å². The highest BCUT2D eigenvalue weighted by atomic mass is 16.2. The maximum atomic E-state index is 12.6. The highest BCUT2D eigenvalue weighted by Crippen LogP contribution is 2.20. The Bertz CT molecular complexity index is 973. The number of hydrogen-bond donors (Lipinski definition) is 0. The number of nitrogens with zero attached hydrogens (tertiary/aromatic N) is 3. The van der Waals surface area contributed by atoms with Crippen LogP contribution >= 0.6 is 0 Å². The Kier molecular flexibility index (Phi) is 4.84. The lowest BCUT2D eigenvalue weighted by Gasteiger charge is -2.18. The van der Waals surface area contributed by atoms with Gasteiger partial charge in [-0.25, -0.2) is 4.79 Å². The average Bonchev–Trinajstić information content (AvgIpc) is 3.09. The van der Waals surface area contributed by atoms with Gasteiger partial charge in [0.05, 0.1) is 12.2 Å². The van der Waals surface area contributed by atoms with Crippen molar-refractivity contribution in [3.8, 4) is 11.8 Å². The molecule has 27 heavy (non-hydrogen) atoms.